The van der Waals surface area contributed by atoms with E-state index in [1.54, 1.807) is 6.92 Å². The molecule has 10 heteroatoms. The molecule has 2 heterocycles. The molecule has 2 saturated heterocycles. The van der Waals surface area contributed by atoms with Gasteiger partial charge in [0.25, 0.3) is 0 Å². The van der Waals surface area contributed by atoms with Gasteiger partial charge in [-0.05, 0) is 6.42 Å². The van der Waals surface area contributed by atoms with E-state index in [4.69, 9.17) is 14.6 Å². The van der Waals surface area contributed by atoms with Gasteiger partial charge in [0.2, 0.25) is 0 Å². The third kappa shape index (κ3) is 2.65. The van der Waals surface area contributed by atoms with Gasteiger partial charge < -0.3 is 40.1 Å². The van der Waals surface area contributed by atoms with Crippen molar-refractivity contribution in [3.05, 3.63) is 0 Å². The first-order chi connectivity index (χ1) is 13.6. The number of hydrogen-bond acceptors (Lipinski definition) is 10. The lowest BCUT2D eigenvalue weighted by Gasteiger charge is -2.64. The van der Waals surface area contributed by atoms with Gasteiger partial charge in [0, 0.05) is 33.8 Å². The molecule has 0 amide bonds. The van der Waals surface area contributed by atoms with Gasteiger partial charge in [0.1, 0.15) is 17.8 Å². The molecule has 4 bridgehead atoms. The van der Waals surface area contributed by atoms with E-state index in [0.29, 0.717) is 11.5 Å². The lowest BCUT2D eigenvalue weighted by atomic mass is 9.48. The van der Waals surface area contributed by atoms with E-state index < -0.39 is 52.6 Å². The minimum absolute atomic E-state index is 0.0127. The molecule has 0 aromatic rings. The Morgan fingerprint density at radius 3 is 2.41 bits per heavy atom. The van der Waals surface area contributed by atoms with Gasteiger partial charge in [0.15, 0.2) is 5.79 Å². The minimum Gasteiger partial charge on any atom is -0.396 e. The van der Waals surface area contributed by atoms with E-state index in [-0.39, 0.29) is 37.2 Å². The van der Waals surface area contributed by atoms with Crippen LogP contribution in [0.2, 0.25) is 0 Å². The summed E-state index contributed by atoms with van der Waals surface area (Å²) in [4.78, 5) is 0. The summed E-state index contributed by atoms with van der Waals surface area (Å²) >= 11 is 2.83. The lowest BCUT2D eigenvalue weighted by molar-refractivity contribution is -0.323. The number of thioether (sulfide) groups is 2. The van der Waals surface area contributed by atoms with Crippen LogP contribution in [0.15, 0.2) is 0 Å². The zero-order valence-corrected chi connectivity index (χ0v) is 18.4. The van der Waals surface area contributed by atoms with E-state index in [9.17, 15) is 25.5 Å². The Kier molecular flexibility index (Phi) is 5.81. The molecule has 4 rings (SSSR count). The van der Waals surface area contributed by atoms with Crippen molar-refractivity contribution >= 4 is 23.5 Å². The Bertz CT molecular complexity index is 641. The second-order valence-corrected chi connectivity index (χ2v) is 11.5. The van der Waals surface area contributed by atoms with Crippen LogP contribution in [0.3, 0.4) is 0 Å². The fraction of sp³-hybridized carbons (Fsp3) is 1.00. The Labute approximate surface area is 179 Å². The fourth-order valence-corrected chi connectivity index (χ4v) is 8.80. The molecule has 2 unspecified atom stereocenters. The number of rotatable bonds is 7. The average Bonchev–Trinajstić information content (AvgIpc) is 2.96. The summed E-state index contributed by atoms with van der Waals surface area (Å²) < 4.78 is 12.2. The van der Waals surface area contributed by atoms with E-state index >= 15 is 0 Å². The molecule has 10 atom stereocenters. The van der Waals surface area contributed by atoms with Gasteiger partial charge in [-0.15, -0.1) is 0 Å². The number of aliphatic hydroxyl groups excluding tert-OH is 4. The molecule has 168 valence electrons. The van der Waals surface area contributed by atoms with E-state index in [1.165, 1.54) is 23.5 Å². The highest BCUT2D eigenvalue weighted by Crippen LogP contribution is 2.72. The van der Waals surface area contributed by atoms with Gasteiger partial charge >= 0.3 is 0 Å². The summed E-state index contributed by atoms with van der Waals surface area (Å²) in [6.07, 6.45) is -3.38. The molecule has 1 spiro atoms. The van der Waals surface area contributed by atoms with Crippen molar-refractivity contribution in [1.29, 1.82) is 0 Å². The van der Waals surface area contributed by atoms with E-state index in [1.807, 2.05) is 6.92 Å². The van der Waals surface area contributed by atoms with Gasteiger partial charge in [-0.1, -0.05) is 13.8 Å². The van der Waals surface area contributed by atoms with Crippen molar-refractivity contribution in [1.82, 2.24) is 0 Å². The maximum Gasteiger partial charge on any atom is 0.196 e. The predicted molar refractivity (Wildman–Crippen MR) is 109 cm³/mol. The Morgan fingerprint density at radius 1 is 1.07 bits per heavy atom. The SMILES string of the molecule is CC1C(SCCO)[C@H]2O[C@@H]3[C@H](O)C[C@](C)([C@]24CO[C@@]1(O)[C@H]4O)[C@]3(O)CSCCO. The largest absolute Gasteiger partial charge is 0.396 e. The second-order valence-electron chi connectivity index (χ2n) is 9.11. The van der Waals surface area contributed by atoms with Crippen molar-refractivity contribution in [3.63, 3.8) is 0 Å². The maximum absolute atomic E-state index is 11.8. The quantitative estimate of drug-likeness (QED) is 0.261. The van der Waals surface area contributed by atoms with Crippen LogP contribution in [-0.4, -0.2) is 109 Å². The normalized spacial score (nSPS) is 55.9. The first-order valence-corrected chi connectivity index (χ1v) is 12.4. The maximum atomic E-state index is 11.8. The van der Waals surface area contributed by atoms with E-state index in [0.717, 1.165) is 0 Å². The van der Waals surface area contributed by atoms with Crippen molar-refractivity contribution in [3.8, 4) is 0 Å². The van der Waals surface area contributed by atoms with E-state index in [2.05, 4.69) is 0 Å². The molecule has 0 radical (unpaired) electrons. The summed E-state index contributed by atoms with van der Waals surface area (Å²) in [5.41, 5.74) is -3.54. The second kappa shape index (κ2) is 7.47. The summed E-state index contributed by atoms with van der Waals surface area (Å²) in [7, 11) is 0. The van der Waals surface area contributed by atoms with Crippen LogP contribution >= 0.6 is 23.5 Å². The topological polar surface area (TPSA) is 140 Å². The zero-order valence-electron chi connectivity index (χ0n) is 16.7. The molecule has 0 aromatic carbocycles. The molecule has 4 fully saturated rings. The van der Waals surface area contributed by atoms with Gasteiger partial charge in [-0.2, -0.15) is 23.5 Å². The zero-order chi connectivity index (χ0) is 21.2. The molecule has 29 heavy (non-hydrogen) atoms. The summed E-state index contributed by atoms with van der Waals surface area (Å²) in [6, 6.07) is 0. The molecular formula is C19H32O8S2. The summed E-state index contributed by atoms with van der Waals surface area (Å²) in [5.74, 6) is -1.14. The van der Waals surface area contributed by atoms with Crippen LogP contribution in [-0.2, 0) is 9.47 Å². The molecule has 6 N–H and O–H groups in total. The minimum atomic E-state index is -1.78. The van der Waals surface area contributed by atoms with Crippen molar-refractivity contribution in [2.24, 2.45) is 16.7 Å². The van der Waals surface area contributed by atoms with Gasteiger partial charge in [-0.25, -0.2) is 0 Å². The van der Waals surface area contributed by atoms with Crippen LogP contribution in [0, 0.1) is 16.7 Å². The Hall–Kier alpha value is 0.380. The van der Waals surface area contributed by atoms with Crippen LogP contribution in [0.25, 0.3) is 0 Å². The first kappa shape index (κ1) is 22.6. The third-order valence-electron chi connectivity index (χ3n) is 8.05. The van der Waals surface area contributed by atoms with Crippen molar-refractivity contribution in [2.75, 3.05) is 37.1 Å². The molecule has 2 saturated carbocycles. The number of fused-ring (bicyclic) bond motifs is 3. The van der Waals surface area contributed by atoms with Gasteiger partial charge in [-0.3, -0.25) is 0 Å². The molecule has 0 aromatic heterocycles. The van der Waals surface area contributed by atoms with Crippen LogP contribution in [0.1, 0.15) is 20.3 Å². The van der Waals surface area contributed by atoms with Crippen LogP contribution in [0.4, 0.5) is 0 Å². The van der Waals surface area contributed by atoms with Crippen molar-refractivity contribution < 1.29 is 40.1 Å². The highest BCUT2D eigenvalue weighted by atomic mass is 32.2. The molecular weight excluding hydrogens is 420 g/mol. The van der Waals surface area contributed by atoms with Crippen molar-refractivity contribution in [2.45, 2.75) is 61.3 Å². The predicted octanol–water partition coefficient (Wildman–Crippen LogP) is -1.21. The molecule has 4 aliphatic rings. The molecule has 2 aliphatic carbocycles. The Balaban J connectivity index is 1.80. The lowest BCUT2D eigenvalue weighted by Crippen LogP contribution is -2.77. The first-order valence-electron chi connectivity index (χ1n) is 10.2. The highest BCUT2D eigenvalue weighted by molar-refractivity contribution is 8.00. The summed E-state index contributed by atoms with van der Waals surface area (Å²) in [5, 5.41) is 63.5. The fourth-order valence-electron chi connectivity index (χ4n) is 6.39. The standard InChI is InChI=1S/C19H32O8S2/c1-10-12(29-6-4-21)14-17(8-26-19(10,25)15(17)23)16(2)7-11(22)13(27-14)18(16,24)9-28-5-3-20/h10-15,20-25H,3-9H2,1-2H3/t10?,11-,12?,13-,14-,15+,16-,17-,18+,19-/m1/s1. The monoisotopic (exact) mass is 452 g/mol. The number of aliphatic hydroxyl groups is 6. The average molecular weight is 453 g/mol. The van der Waals surface area contributed by atoms with Crippen LogP contribution < -0.4 is 0 Å². The summed E-state index contributed by atoms with van der Waals surface area (Å²) in [6.45, 7) is 3.62. The number of hydrogen-bond donors (Lipinski definition) is 6. The highest BCUT2D eigenvalue weighted by Gasteiger charge is 2.84. The van der Waals surface area contributed by atoms with Crippen LogP contribution in [0.5, 0.6) is 0 Å². The third-order valence-corrected chi connectivity index (χ3v) is 10.6. The smallest absolute Gasteiger partial charge is 0.196 e. The van der Waals surface area contributed by atoms with Gasteiger partial charge in [0.05, 0.1) is 37.4 Å². The Morgan fingerprint density at radius 2 is 1.76 bits per heavy atom. The molecule has 8 nitrogen and oxygen atoms in total. The molecule has 2 aliphatic heterocycles. The number of ether oxygens (including phenoxy) is 2.